The number of nitrogens with one attached hydrogen (secondary N) is 1. The van der Waals surface area contributed by atoms with E-state index in [4.69, 9.17) is 4.74 Å². The molecule has 0 amide bonds. The zero-order valence-electron chi connectivity index (χ0n) is 12.0. The van der Waals surface area contributed by atoms with Gasteiger partial charge in [-0.1, -0.05) is 18.7 Å². The molecule has 19 heavy (non-hydrogen) atoms. The van der Waals surface area contributed by atoms with Crippen molar-refractivity contribution in [3.8, 4) is 0 Å². The van der Waals surface area contributed by atoms with E-state index in [2.05, 4.69) is 22.3 Å². The lowest BCUT2D eigenvalue weighted by atomic mass is 9.99. The lowest BCUT2D eigenvalue weighted by molar-refractivity contribution is -0.148. The van der Waals surface area contributed by atoms with Crippen molar-refractivity contribution in [2.24, 2.45) is 7.05 Å². The van der Waals surface area contributed by atoms with E-state index in [0.29, 0.717) is 6.42 Å². The second kappa shape index (κ2) is 7.49. The normalized spacial score (nSPS) is 14.1. The quantitative estimate of drug-likeness (QED) is 0.572. The predicted octanol–water partition coefficient (Wildman–Crippen LogP) is 1.23. The minimum Gasteiger partial charge on any atom is -0.468 e. The summed E-state index contributed by atoms with van der Waals surface area (Å²) >= 11 is 1.58. The average Bonchev–Trinajstić information content (AvgIpc) is 2.81. The highest BCUT2D eigenvalue weighted by atomic mass is 32.2. The molecule has 6 nitrogen and oxygen atoms in total. The molecule has 0 aliphatic heterocycles. The Hall–Kier alpha value is -1.08. The van der Waals surface area contributed by atoms with Gasteiger partial charge in [0.05, 0.1) is 7.11 Å². The topological polar surface area (TPSA) is 69.0 Å². The average molecular weight is 286 g/mol. The number of hydrogen-bond acceptors (Lipinski definition) is 6. The summed E-state index contributed by atoms with van der Waals surface area (Å²) in [7, 11) is 3.27. The number of ether oxygens (including phenoxy) is 1. The first-order chi connectivity index (χ1) is 9.03. The number of nitrogens with zero attached hydrogens (tertiary/aromatic N) is 3. The molecule has 1 aromatic heterocycles. The third-order valence-corrected chi connectivity index (χ3v) is 3.94. The Morgan fingerprint density at radius 1 is 1.63 bits per heavy atom. The highest BCUT2D eigenvalue weighted by molar-refractivity contribution is 7.99. The first-order valence-corrected chi connectivity index (χ1v) is 7.32. The van der Waals surface area contributed by atoms with E-state index in [0.717, 1.165) is 23.9 Å². The Morgan fingerprint density at radius 2 is 2.37 bits per heavy atom. The Balaban J connectivity index is 2.53. The van der Waals surface area contributed by atoms with Crippen LogP contribution in [0.1, 0.15) is 26.7 Å². The lowest BCUT2D eigenvalue weighted by Gasteiger charge is -2.27. The highest BCUT2D eigenvalue weighted by Gasteiger charge is 2.33. The molecule has 108 valence electrons. The fraction of sp³-hybridized carbons (Fsp3) is 0.750. The smallest absolute Gasteiger partial charge is 0.325 e. The van der Waals surface area contributed by atoms with E-state index >= 15 is 0 Å². The summed E-state index contributed by atoms with van der Waals surface area (Å²) in [5.41, 5.74) is -0.643. The third-order valence-electron chi connectivity index (χ3n) is 2.90. The number of carbonyl (C=O) groups excluding carboxylic acids is 1. The summed E-state index contributed by atoms with van der Waals surface area (Å²) in [4.78, 5) is 16.0. The van der Waals surface area contributed by atoms with Crippen LogP contribution in [0.25, 0.3) is 0 Å². The largest absolute Gasteiger partial charge is 0.468 e. The van der Waals surface area contributed by atoms with Crippen LogP contribution in [0.5, 0.6) is 0 Å². The molecule has 0 aliphatic rings. The number of rotatable bonds is 8. The van der Waals surface area contributed by atoms with Crippen molar-refractivity contribution < 1.29 is 9.53 Å². The van der Waals surface area contributed by atoms with Crippen molar-refractivity contribution >= 4 is 17.7 Å². The van der Waals surface area contributed by atoms with Crippen LogP contribution in [0.15, 0.2) is 11.5 Å². The number of carbonyl (C=O) groups is 1. The molecular weight excluding hydrogens is 264 g/mol. The minimum absolute atomic E-state index is 0.223. The Kier molecular flexibility index (Phi) is 6.30. The van der Waals surface area contributed by atoms with Gasteiger partial charge in [0.2, 0.25) is 0 Å². The number of esters is 1. The summed E-state index contributed by atoms with van der Waals surface area (Å²) in [6.07, 6.45) is 3.18. The first kappa shape index (κ1) is 16.0. The van der Waals surface area contributed by atoms with Gasteiger partial charge >= 0.3 is 5.97 Å². The van der Waals surface area contributed by atoms with E-state index in [-0.39, 0.29) is 5.97 Å². The van der Waals surface area contributed by atoms with Crippen molar-refractivity contribution in [2.75, 3.05) is 19.4 Å². The molecule has 1 heterocycles. The molecule has 0 saturated heterocycles. The van der Waals surface area contributed by atoms with Gasteiger partial charge in [-0.2, -0.15) is 5.10 Å². The highest BCUT2D eigenvalue weighted by Crippen LogP contribution is 2.20. The van der Waals surface area contributed by atoms with Gasteiger partial charge in [-0.15, -0.1) is 0 Å². The van der Waals surface area contributed by atoms with Crippen LogP contribution in [0, 0.1) is 0 Å². The fourth-order valence-electron chi connectivity index (χ4n) is 1.65. The number of thioether (sulfide) groups is 1. The summed E-state index contributed by atoms with van der Waals surface area (Å²) in [5.74, 6) is 0.550. The molecule has 1 atom stereocenters. The summed E-state index contributed by atoms with van der Waals surface area (Å²) < 4.78 is 6.60. The number of aromatic nitrogens is 3. The predicted molar refractivity (Wildman–Crippen MR) is 75.1 cm³/mol. The fourth-order valence-corrected chi connectivity index (χ4v) is 2.70. The number of aryl methyl sites for hydroxylation is 1. The van der Waals surface area contributed by atoms with Crippen molar-refractivity contribution in [3.63, 3.8) is 0 Å². The van der Waals surface area contributed by atoms with Crippen LogP contribution in [0.3, 0.4) is 0 Å². The Bertz CT molecular complexity index is 410. The molecule has 0 saturated carbocycles. The van der Waals surface area contributed by atoms with E-state index < -0.39 is 5.54 Å². The molecule has 1 N–H and O–H groups in total. The van der Waals surface area contributed by atoms with E-state index in [9.17, 15) is 4.79 Å². The van der Waals surface area contributed by atoms with Gasteiger partial charge in [-0.3, -0.25) is 4.79 Å². The summed E-state index contributed by atoms with van der Waals surface area (Å²) in [6.45, 7) is 4.74. The van der Waals surface area contributed by atoms with E-state index in [1.54, 1.807) is 16.4 Å². The monoisotopic (exact) mass is 286 g/mol. The summed E-state index contributed by atoms with van der Waals surface area (Å²) in [6, 6.07) is 0. The molecule has 0 bridgehead atoms. The molecule has 0 aromatic carbocycles. The van der Waals surface area contributed by atoms with Crippen molar-refractivity contribution in [3.05, 3.63) is 6.33 Å². The van der Waals surface area contributed by atoms with E-state index in [1.165, 1.54) is 13.4 Å². The van der Waals surface area contributed by atoms with Crippen LogP contribution in [0.4, 0.5) is 0 Å². The van der Waals surface area contributed by atoms with Gasteiger partial charge in [0.25, 0.3) is 0 Å². The maximum Gasteiger partial charge on any atom is 0.325 e. The SMILES string of the molecule is CCCNC(C)(CCSc1ncnn1C)C(=O)OC. The van der Waals surface area contributed by atoms with Crippen molar-refractivity contribution in [1.82, 2.24) is 20.1 Å². The van der Waals surface area contributed by atoms with Crippen LogP contribution >= 0.6 is 11.8 Å². The molecule has 1 rings (SSSR count). The second-order valence-electron chi connectivity index (χ2n) is 4.52. The first-order valence-electron chi connectivity index (χ1n) is 6.33. The maximum absolute atomic E-state index is 11.9. The maximum atomic E-state index is 11.9. The van der Waals surface area contributed by atoms with Gasteiger partial charge in [0, 0.05) is 12.8 Å². The molecule has 1 aromatic rings. The van der Waals surface area contributed by atoms with Gasteiger partial charge < -0.3 is 10.1 Å². The second-order valence-corrected chi connectivity index (χ2v) is 5.58. The Morgan fingerprint density at radius 3 is 2.89 bits per heavy atom. The molecule has 0 radical (unpaired) electrons. The van der Waals surface area contributed by atoms with Gasteiger partial charge in [0.1, 0.15) is 11.9 Å². The summed E-state index contributed by atoms with van der Waals surface area (Å²) in [5, 5.41) is 8.12. The van der Waals surface area contributed by atoms with Crippen LogP contribution in [0.2, 0.25) is 0 Å². The van der Waals surface area contributed by atoms with Crippen LogP contribution < -0.4 is 5.32 Å². The third kappa shape index (κ3) is 4.50. The van der Waals surface area contributed by atoms with Gasteiger partial charge in [-0.25, -0.2) is 9.67 Å². The molecular formula is C12H22N4O2S. The molecule has 1 unspecified atom stereocenters. The van der Waals surface area contributed by atoms with Crippen molar-refractivity contribution in [2.45, 2.75) is 37.4 Å². The van der Waals surface area contributed by atoms with Gasteiger partial charge in [0.15, 0.2) is 5.16 Å². The molecule has 0 aliphatic carbocycles. The standard InChI is InChI=1S/C12H22N4O2S/c1-5-7-14-12(2,10(17)18-4)6-8-19-11-13-9-15-16(11)3/h9,14H,5-8H2,1-4H3. The Labute approximate surface area is 118 Å². The zero-order chi connectivity index (χ0) is 14.3. The van der Waals surface area contributed by atoms with E-state index in [1.807, 2.05) is 14.0 Å². The van der Waals surface area contributed by atoms with Gasteiger partial charge in [-0.05, 0) is 26.3 Å². The molecule has 0 fully saturated rings. The lowest BCUT2D eigenvalue weighted by Crippen LogP contribution is -2.50. The zero-order valence-corrected chi connectivity index (χ0v) is 12.8. The van der Waals surface area contributed by atoms with Crippen LogP contribution in [-0.2, 0) is 16.6 Å². The number of methoxy groups -OCH3 is 1. The number of hydrogen-bond donors (Lipinski definition) is 1. The molecule has 0 spiro atoms. The van der Waals surface area contributed by atoms with Crippen molar-refractivity contribution in [1.29, 1.82) is 0 Å². The van der Waals surface area contributed by atoms with Crippen LogP contribution in [-0.4, -0.2) is 45.7 Å². The minimum atomic E-state index is -0.643. The molecule has 7 heteroatoms.